The number of hydrogen-bond donors (Lipinski definition) is 1. The molecule has 0 atom stereocenters. The number of ether oxygens (including phenoxy) is 3. The molecule has 0 saturated carbocycles. The number of benzene rings is 3. The minimum atomic E-state index is -0.180. The van der Waals surface area contributed by atoms with Crippen molar-refractivity contribution in [1.82, 2.24) is 15.1 Å². The molecule has 1 N–H and O–H groups in total. The quantitative estimate of drug-likeness (QED) is 0.370. The summed E-state index contributed by atoms with van der Waals surface area (Å²) in [6.07, 6.45) is 3.59. The Bertz CT molecular complexity index is 1270. The molecule has 0 spiro atoms. The first-order valence-electron chi connectivity index (χ1n) is 11.1. The largest absolute Gasteiger partial charge is 0.493 e. The minimum absolute atomic E-state index is 0.180. The highest BCUT2D eigenvalue weighted by Gasteiger charge is 2.16. The molecule has 0 saturated heterocycles. The Balaban J connectivity index is 1.32. The molecule has 0 unspecified atom stereocenters. The van der Waals surface area contributed by atoms with E-state index in [0.29, 0.717) is 29.4 Å². The van der Waals surface area contributed by atoms with Crippen molar-refractivity contribution in [2.24, 2.45) is 7.05 Å². The molecule has 0 fully saturated rings. The van der Waals surface area contributed by atoms with E-state index in [1.165, 1.54) is 38.0 Å². The van der Waals surface area contributed by atoms with Crippen molar-refractivity contribution < 1.29 is 19.0 Å². The van der Waals surface area contributed by atoms with Crippen LogP contribution in [0.4, 0.5) is 0 Å². The van der Waals surface area contributed by atoms with Gasteiger partial charge < -0.3 is 19.5 Å². The molecule has 1 amide bonds. The molecule has 1 heterocycles. The van der Waals surface area contributed by atoms with E-state index < -0.39 is 0 Å². The summed E-state index contributed by atoms with van der Waals surface area (Å²) in [6, 6.07) is 18.3. The number of nitrogens with zero attached hydrogens (tertiary/aromatic N) is 2. The molecule has 0 aliphatic heterocycles. The van der Waals surface area contributed by atoms with Gasteiger partial charge in [-0.15, -0.1) is 0 Å². The molecule has 0 aliphatic rings. The third-order valence-corrected chi connectivity index (χ3v) is 5.89. The van der Waals surface area contributed by atoms with E-state index in [-0.39, 0.29) is 5.91 Å². The molecule has 1 aromatic heterocycles. The molecule has 4 rings (SSSR count). The summed E-state index contributed by atoms with van der Waals surface area (Å²) in [5.41, 5.74) is 5.15. The third-order valence-electron chi connectivity index (χ3n) is 5.89. The second-order valence-electron chi connectivity index (χ2n) is 8.01. The van der Waals surface area contributed by atoms with E-state index in [0.717, 1.165) is 23.7 Å². The first kappa shape index (κ1) is 23.2. The van der Waals surface area contributed by atoms with E-state index in [2.05, 4.69) is 52.9 Å². The van der Waals surface area contributed by atoms with Crippen LogP contribution in [0.15, 0.2) is 60.8 Å². The van der Waals surface area contributed by atoms with Gasteiger partial charge in [-0.1, -0.05) is 30.3 Å². The maximum atomic E-state index is 12.6. The molecular weight excluding hydrogens is 430 g/mol. The van der Waals surface area contributed by atoms with Gasteiger partial charge in [0.2, 0.25) is 5.75 Å². The molecule has 34 heavy (non-hydrogen) atoms. The first-order chi connectivity index (χ1) is 16.5. The average molecular weight is 460 g/mol. The van der Waals surface area contributed by atoms with Gasteiger partial charge in [0.1, 0.15) is 0 Å². The van der Waals surface area contributed by atoms with Crippen molar-refractivity contribution in [3.8, 4) is 28.4 Å². The van der Waals surface area contributed by atoms with Crippen molar-refractivity contribution in [1.29, 1.82) is 0 Å². The Hall–Kier alpha value is -4.00. The lowest BCUT2D eigenvalue weighted by molar-refractivity contribution is 0.0952. The topological polar surface area (TPSA) is 74.6 Å². The van der Waals surface area contributed by atoms with Crippen LogP contribution in [0.5, 0.6) is 17.2 Å². The molecule has 7 heteroatoms. The van der Waals surface area contributed by atoms with Crippen LogP contribution in [0.3, 0.4) is 0 Å². The molecule has 176 valence electrons. The highest BCUT2D eigenvalue weighted by atomic mass is 16.5. The predicted octanol–water partition coefficient (Wildman–Crippen LogP) is 4.63. The molecule has 7 nitrogen and oxygen atoms in total. The number of aryl methyl sites for hydroxylation is 2. The fourth-order valence-corrected chi connectivity index (χ4v) is 4.02. The number of rotatable bonds is 9. The van der Waals surface area contributed by atoms with Gasteiger partial charge >= 0.3 is 0 Å². The Morgan fingerprint density at radius 2 is 1.59 bits per heavy atom. The van der Waals surface area contributed by atoms with Gasteiger partial charge in [-0.3, -0.25) is 9.48 Å². The standard InChI is InChI=1S/C27H29N3O4/c1-30-23-12-11-20(14-22(23)17-29-30)19-9-7-18(8-10-19)6-5-13-28-27(31)21-15-24(32-2)26(34-4)25(16-21)33-3/h7-12,14-17H,5-6,13H2,1-4H3,(H,28,31). The van der Waals surface area contributed by atoms with Gasteiger partial charge in [-0.05, 0) is 53.8 Å². The maximum Gasteiger partial charge on any atom is 0.251 e. The SMILES string of the molecule is COc1cc(C(=O)NCCCc2ccc(-c3ccc4c(cnn4C)c3)cc2)cc(OC)c1OC. The number of carbonyl (C=O) groups excluding carboxylic acids is 1. The number of methoxy groups -OCH3 is 3. The summed E-state index contributed by atoms with van der Waals surface area (Å²) in [6.45, 7) is 0.564. The van der Waals surface area contributed by atoms with Crippen molar-refractivity contribution >= 4 is 16.8 Å². The fraction of sp³-hybridized carbons (Fsp3) is 0.259. The molecule has 0 radical (unpaired) electrons. The van der Waals surface area contributed by atoms with Crippen LogP contribution in [-0.4, -0.2) is 43.6 Å². The third kappa shape index (κ3) is 4.83. The Kier molecular flexibility index (Phi) is 7.01. The highest BCUT2D eigenvalue weighted by molar-refractivity contribution is 5.95. The van der Waals surface area contributed by atoms with E-state index >= 15 is 0 Å². The van der Waals surface area contributed by atoms with Crippen LogP contribution < -0.4 is 19.5 Å². The number of nitrogens with one attached hydrogen (secondary N) is 1. The van der Waals surface area contributed by atoms with Gasteiger partial charge in [0.15, 0.2) is 11.5 Å². The lowest BCUT2D eigenvalue weighted by Crippen LogP contribution is -2.24. The molecular formula is C27H29N3O4. The van der Waals surface area contributed by atoms with Crippen LogP contribution in [0.1, 0.15) is 22.3 Å². The number of amides is 1. The molecule has 3 aromatic carbocycles. The summed E-state index contributed by atoms with van der Waals surface area (Å²) in [5, 5.41) is 8.41. The summed E-state index contributed by atoms with van der Waals surface area (Å²) in [7, 11) is 6.54. The molecule has 4 aromatic rings. The lowest BCUT2D eigenvalue weighted by Gasteiger charge is -2.14. The van der Waals surface area contributed by atoms with Crippen LogP contribution in [0.2, 0.25) is 0 Å². The summed E-state index contributed by atoms with van der Waals surface area (Å²) >= 11 is 0. The van der Waals surface area contributed by atoms with Crippen LogP contribution in [-0.2, 0) is 13.5 Å². The Labute approximate surface area is 199 Å². The molecule has 0 aliphatic carbocycles. The number of fused-ring (bicyclic) bond motifs is 1. The van der Waals surface area contributed by atoms with E-state index in [1.807, 2.05) is 17.9 Å². The number of hydrogen-bond acceptors (Lipinski definition) is 5. The Morgan fingerprint density at radius 1 is 0.912 bits per heavy atom. The first-order valence-corrected chi connectivity index (χ1v) is 11.1. The average Bonchev–Trinajstić information content (AvgIpc) is 3.25. The van der Waals surface area contributed by atoms with Crippen molar-refractivity contribution in [2.45, 2.75) is 12.8 Å². The van der Waals surface area contributed by atoms with Gasteiger partial charge in [0.25, 0.3) is 5.91 Å². The second-order valence-corrected chi connectivity index (χ2v) is 8.01. The lowest BCUT2D eigenvalue weighted by atomic mass is 10.0. The number of aromatic nitrogens is 2. The van der Waals surface area contributed by atoms with Crippen molar-refractivity contribution in [3.05, 3.63) is 71.9 Å². The van der Waals surface area contributed by atoms with Gasteiger partial charge in [0, 0.05) is 24.5 Å². The molecule has 0 bridgehead atoms. The monoisotopic (exact) mass is 459 g/mol. The Morgan fingerprint density at radius 3 is 2.24 bits per heavy atom. The number of carbonyl (C=O) groups is 1. The fourth-order valence-electron chi connectivity index (χ4n) is 4.02. The zero-order valence-electron chi connectivity index (χ0n) is 19.9. The zero-order chi connectivity index (χ0) is 24.1. The normalized spacial score (nSPS) is 10.8. The van der Waals surface area contributed by atoms with Gasteiger partial charge in [-0.2, -0.15) is 5.10 Å². The van der Waals surface area contributed by atoms with Gasteiger partial charge in [-0.25, -0.2) is 0 Å². The zero-order valence-corrected chi connectivity index (χ0v) is 19.9. The van der Waals surface area contributed by atoms with E-state index in [9.17, 15) is 4.79 Å². The smallest absolute Gasteiger partial charge is 0.251 e. The highest BCUT2D eigenvalue weighted by Crippen LogP contribution is 2.38. The van der Waals surface area contributed by atoms with Crippen molar-refractivity contribution in [3.63, 3.8) is 0 Å². The van der Waals surface area contributed by atoms with Gasteiger partial charge in [0.05, 0.1) is 33.0 Å². The predicted molar refractivity (Wildman–Crippen MR) is 133 cm³/mol. The van der Waals surface area contributed by atoms with E-state index in [1.54, 1.807) is 12.1 Å². The van der Waals surface area contributed by atoms with E-state index in [4.69, 9.17) is 14.2 Å². The summed E-state index contributed by atoms with van der Waals surface area (Å²) < 4.78 is 17.8. The second kappa shape index (κ2) is 10.3. The van der Waals surface area contributed by atoms with Crippen LogP contribution in [0, 0.1) is 0 Å². The minimum Gasteiger partial charge on any atom is -0.493 e. The van der Waals surface area contributed by atoms with Crippen LogP contribution in [0.25, 0.3) is 22.0 Å². The maximum absolute atomic E-state index is 12.6. The van der Waals surface area contributed by atoms with Crippen LogP contribution >= 0.6 is 0 Å². The summed E-state index contributed by atoms with van der Waals surface area (Å²) in [4.78, 5) is 12.6. The summed E-state index contributed by atoms with van der Waals surface area (Å²) in [5.74, 6) is 1.19. The van der Waals surface area contributed by atoms with Crippen molar-refractivity contribution in [2.75, 3.05) is 27.9 Å².